The van der Waals surface area contributed by atoms with E-state index >= 15 is 0 Å². The molecule has 4 aromatic rings. The number of fused-ring (bicyclic) bond motifs is 1. The summed E-state index contributed by atoms with van der Waals surface area (Å²) in [6.45, 7) is 0. The maximum Gasteiger partial charge on any atom is 0.230 e. The molecule has 3 heteroatoms. The van der Waals surface area contributed by atoms with Crippen molar-refractivity contribution in [2.24, 2.45) is 0 Å². The predicted molar refractivity (Wildman–Crippen MR) is 94.8 cm³/mol. The largest absolute Gasteiger partial charge is 0.285 e. The summed E-state index contributed by atoms with van der Waals surface area (Å²) in [5.41, 5.74) is 3.11. The highest BCUT2D eigenvalue weighted by atomic mass is 16.1. The molecule has 3 aromatic carbocycles. The minimum absolute atomic E-state index is 0.168. The van der Waals surface area contributed by atoms with E-state index in [1.54, 1.807) is 12.1 Å². The van der Waals surface area contributed by atoms with Crippen LogP contribution >= 0.6 is 0 Å². The number of benzene rings is 3. The Hall–Kier alpha value is -3.33. The Morgan fingerprint density at radius 1 is 0.667 bits per heavy atom. The third-order valence-electron chi connectivity index (χ3n) is 3.89. The number of carbonyl (C=O) groups excluding carboxylic acids is 1. The summed E-state index contributed by atoms with van der Waals surface area (Å²) < 4.78 is 0. The second kappa shape index (κ2) is 6.05. The van der Waals surface area contributed by atoms with E-state index in [2.05, 4.69) is 9.97 Å². The van der Waals surface area contributed by atoms with Gasteiger partial charge >= 0.3 is 0 Å². The minimum Gasteiger partial charge on any atom is -0.285 e. The Balaban J connectivity index is 1.94. The van der Waals surface area contributed by atoms with Crippen molar-refractivity contribution < 1.29 is 4.79 Å². The van der Waals surface area contributed by atoms with Gasteiger partial charge in [0.25, 0.3) is 0 Å². The molecule has 24 heavy (non-hydrogen) atoms. The molecule has 0 saturated carbocycles. The van der Waals surface area contributed by atoms with E-state index in [1.165, 1.54) is 0 Å². The van der Waals surface area contributed by atoms with Crippen LogP contribution in [0.5, 0.6) is 0 Å². The average molecular weight is 310 g/mol. The monoisotopic (exact) mass is 310 g/mol. The predicted octanol–water partition coefficient (Wildman–Crippen LogP) is 4.53. The molecule has 0 aliphatic rings. The van der Waals surface area contributed by atoms with E-state index in [0.29, 0.717) is 5.56 Å². The first-order valence-corrected chi connectivity index (χ1v) is 7.75. The van der Waals surface area contributed by atoms with Crippen LogP contribution in [0.4, 0.5) is 0 Å². The Labute approximate surface area is 139 Å². The molecule has 0 bridgehead atoms. The molecule has 3 nitrogen and oxygen atoms in total. The van der Waals surface area contributed by atoms with Gasteiger partial charge in [-0.05, 0) is 6.07 Å². The summed E-state index contributed by atoms with van der Waals surface area (Å²) in [5.74, 6) is 0.0530. The van der Waals surface area contributed by atoms with Gasteiger partial charge < -0.3 is 0 Å². The molecule has 0 radical (unpaired) electrons. The lowest BCUT2D eigenvalue weighted by Crippen LogP contribution is -2.08. The number of rotatable bonds is 3. The highest BCUT2D eigenvalue weighted by molar-refractivity contribution is 6.08. The number of carbonyl (C=O) groups is 1. The molecular formula is C21H14N2O. The van der Waals surface area contributed by atoms with Crippen molar-refractivity contribution in [3.05, 3.63) is 96.3 Å². The molecule has 0 aliphatic carbocycles. The van der Waals surface area contributed by atoms with Crippen LogP contribution in [0.25, 0.3) is 22.2 Å². The van der Waals surface area contributed by atoms with Gasteiger partial charge in [-0.1, -0.05) is 78.9 Å². The standard InChI is InChI=1S/C21H14N2O/c24-20(16-11-5-2-6-12-16)21-22-18-14-8-7-13-17(18)19(23-21)15-9-3-1-4-10-15/h1-14H. The third-order valence-corrected chi connectivity index (χ3v) is 3.89. The quantitative estimate of drug-likeness (QED) is 0.522. The van der Waals surface area contributed by atoms with Crippen LogP contribution in [-0.4, -0.2) is 15.8 Å². The first kappa shape index (κ1) is 14.3. The molecule has 0 saturated heterocycles. The van der Waals surface area contributed by atoms with Crippen LogP contribution in [0, 0.1) is 0 Å². The van der Waals surface area contributed by atoms with Gasteiger partial charge in [-0.2, -0.15) is 0 Å². The van der Waals surface area contributed by atoms with Crippen LogP contribution < -0.4 is 0 Å². The molecule has 0 amide bonds. The van der Waals surface area contributed by atoms with Gasteiger partial charge in [0, 0.05) is 16.5 Å². The summed E-state index contributed by atoms with van der Waals surface area (Å²) in [7, 11) is 0. The second-order valence-corrected chi connectivity index (χ2v) is 5.47. The van der Waals surface area contributed by atoms with Gasteiger partial charge in [0.2, 0.25) is 11.6 Å². The Morgan fingerprint density at radius 2 is 1.29 bits per heavy atom. The Bertz CT molecular complexity index is 1010. The highest BCUT2D eigenvalue weighted by Crippen LogP contribution is 2.26. The summed E-state index contributed by atoms with van der Waals surface area (Å²) in [6.07, 6.45) is 0. The van der Waals surface area contributed by atoms with E-state index in [4.69, 9.17) is 0 Å². The number of hydrogen-bond acceptors (Lipinski definition) is 3. The topological polar surface area (TPSA) is 42.9 Å². The van der Waals surface area contributed by atoms with Gasteiger partial charge in [-0.3, -0.25) is 4.79 Å². The van der Waals surface area contributed by atoms with E-state index in [1.807, 2.05) is 72.8 Å². The van der Waals surface area contributed by atoms with Gasteiger partial charge in [0.1, 0.15) is 0 Å². The van der Waals surface area contributed by atoms with Gasteiger partial charge in [-0.15, -0.1) is 0 Å². The van der Waals surface area contributed by atoms with Crippen LogP contribution in [-0.2, 0) is 0 Å². The lowest BCUT2D eigenvalue weighted by molar-refractivity contribution is 0.103. The van der Waals surface area contributed by atoms with Crippen LogP contribution in [0.3, 0.4) is 0 Å². The van der Waals surface area contributed by atoms with Crippen LogP contribution in [0.2, 0.25) is 0 Å². The fraction of sp³-hybridized carbons (Fsp3) is 0. The number of hydrogen-bond donors (Lipinski definition) is 0. The van der Waals surface area contributed by atoms with Crippen molar-refractivity contribution in [3.8, 4) is 11.3 Å². The molecule has 4 rings (SSSR count). The number of nitrogens with zero attached hydrogens (tertiary/aromatic N) is 2. The average Bonchev–Trinajstić information content (AvgIpc) is 2.68. The van der Waals surface area contributed by atoms with Crippen molar-refractivity contribution in [1.29, 1.82) is 0 Å². The Kier molecular flexibility index (Phi) is 3.60. The fourth-order valence-corrected chi connectivity index (χ4v) is 2.71. The molecular weight excluding hydrogens is 296 g/mol. The fourth-order valence-electron chi connectivity index (χ4n) is 2.71. The van der Waals surface area contributed by atoms with Gasteiger partial charge in [0.15, 0.2) is 0 Å². The zero-order chi connectivity index (χ0) is 16.4. The summed E-state index contributed by atoms with van der Waals surface area (Å²) >= 11 is 0. The summed E-state index contributed by atoms with van der Waals surface area (Å²) in [6, 6.07) is 26.8. The smallest absolute Gasteiger partial charge is 0.230 e. The minimum atomic E-state index is -0.168. The maximum absolute atomic E-state index is 12.7. The summed E-state index contributed by atoms with van der Waals surface area (Å²) in [4.78, 5) is 21.8. The Morgan fingerprint density at radius 3 is 2.04 bits per heavy atom. The lowest BCUT2D eigenvalue weighted by atomic mass is 10.1. The molecule has 0 spiro atoms. The van der Waals surface area contributed by atoms with Crippen molar-refractivity contribution in [2.45, 2.75) is 0 Å². The van der Waals surface area contributed by atoms with E-state index in [0.717, 1.165) is 22.2 Å². The number of ketones is 1. The molecule has 114 valence electrons. The first-order chi connectivity index (χ1) is 11.8. The highest BCUT2D eigenvalue weighted by Gasteiger charge is 2.16. The summed E-state index contributed by atoms with van der Waals surface area (Å²) in [5, 5.41) is 0.938. The second-order valence-electron chi connectivity index (χ2n) is 5.47. The first-order valence-electron chi connectivity index (χ1n) is 7.75. The lowest BCUT2D eigenvalue weighted by Gasteiger charge is -2.08. The van der Waals surface area contributed by atoms with E-state index in [-0.39, 0.29) is 11.6 Å². The molecule has 0 atom stereocenters. The van der Waals surface area contributed by atoms with Gasteiger partial charge in [0.05, 0.1) is 11.2 Å². The van der Waals surface area contributed by atoms with E-state index < -0.39 is 0 Å². The zero-order valence-corrected chi connectivity index (χ0v) is 12.9. The maximum atomic E-state index is 12.7. The van der Waals surface area contributed by atoms with Gasteiger partial charge in [-0.25, -0.2) is 9.97 Å². The molecule has 0 unspecified atom stereocenters. The molecule has 0 fully saturated rings. The van der Waals surface area contributed by atoms with E-state index in [9.17, 15) is 4.79 Å². The number of aromatic nitrogens is 2. The van der Waals surface area contributed by atoms with Crippen molar-refractivity contribution in [2.75, 3.05) is 0 Å². The zero-order valence-electron chi connectivity index (χ0n) is 12.9. The third kappa shape index (κ3) is 2.57. The normalized spacial score (nSPS) is 10.7. The van der Waals surface area contributed by atoms with Crippen molar-refractivity contribution in [3.63, 3.8) is 0 Å². The molecule has 1 heterocycles. The van der Waals surface area contributed by atoms with Crippen molar-refractivity contribution >= 4 is 16.7 Å². The van der Waals surface area contributed by atoms with Crippen LogP contribution in [0.15, 0.2) is 84.9 Å². The molecule has 0 aliphatic heterocycles. The SMILES string of the molecule is O=C(c1ccccc1)c1nc(-c2ccccc2)c2ccccc2n1. The number of para-hydroxylation sites is 1. The molecule has 1 aromatic heterocycles. The van der Waals surface area contributed by atoms with Crippen molar-refractivity contribution in [1.82, 2.24) is 9.97 Å². The van der Waals surface area contributed by atoms with Crippen LogP contribution in [0.1, 0.15) is 16.2 Å². The molecule has 0 N–H and O–H groups in total.